The van der Waals surface area contributed by atoms with Gasteiger partial charge < -0.3 is 29.7 Å². The van der Waals surface area contributed by atoms with Gasteiger partial charge in [0.2, 0.25) is 27.7 Å². The van der Waals surface area contributed by atoms with Crippen LogP contribution in [-0.2, 0) is 29.1 Å². The average molecular weight is 796 g/mol. The van der Waals surface area contributed by atoms with Crippen LogP contribution < -0.4 is 24.8 Å². The van der Waals surface area contributed by atoms with Gasteiger partial charge in [-0.2, -0.15) is 0 Å². The number of likely N-dealkylation sites (tertiary alicyclic amines) is 1. The molecule has 0 spiro atoms. The number of carbonyl (C=O) groups excluding carboxylic acids is 4. The Morgan fingerprint density at radius 1 is 1.07 bits per heavy atom. The molecule has 1 aromatic carbocycles. The molecule has 1 aliphatic heterocycles. The molecule has 3 N–H and O–H groups in total. The highest BCUT2D eigenvalue weighted by Crippen LogP contribution is 2.46. The van der Waals surface area contributed by atoms with Crippen LogP contribution in [0.5, 0.6) is 11.6 Å². The number of nitrogens with zero attached hydrogens (tertiary/aromatic N) is 2. The quantitative estimate of drug-likeness (QED) is 0.237. The summed E-state index contributed by atoms with van der Waals surface area (Å²) < 4.78 is 45.5. The first-order valence-corrected chi connectivity index (χ1v) is 21.3. The third-order valence-electron chi connectivity index (χ3n) is 11.9. The van der Waals surface area contributed by atoms with Crippen LogP contribution in [0.3, 0.4) is 0 Å². The van der Waals surface area contributed by atoms with E-state index in [1.807, 2.05) is 39.0 Å². The van der Waals surface area contributed by atoms with Crippen molar-refractivity contribution in [3.05, 3.63) is 43.1 Å². The lowest BCUT2D eigenvalue weighted by Crippen LogP contribution is -2.60. The lowest BCUT2D eigenvalue weighted by Gasteiger charge is -2.38. The molecule has 4 aliphatic rings. The van der Waals surface area contributed by atoms with E-state index in [0.717, 1.165) is 24.6 Å². The number of benzene rings is 1. The summed E-state index contributed by atoms with van der Waals surface area (Å²) >= 11 is 0. The van der Waals surface area contributed by atoms with Crippen molar-refractivity contribution >= 4 is 44.6 Å². The molecule has 4 fully saturated rings. The monoisotopic (exact) mass is 795 g/mol. The van der Waals surface area contributed by atoms with E-state index in [1.165, 1.54) is 11.0 Å². The van der Waals surface area contributed by atoms with Crippen molar-refractivity contribution in [3.8, 4) is 11.6 Å². The van der Waals surface area contributed by atoms with Gasteiger partial charge in [-0.05, 0) is 84.9 Å². The molecular weight excluding hydrogens is 739 g/mol. The number of pyridine rings is 1. The Labute approximate surface area is 329 Å². The first-order chi connectivity index (χ1) is 26.4. The Morgan fingerprint density at radius 3 is 2.43 bits per heavy atom. The van der Waals surface area contributed by atoms with Crippen LogP contribution in [-0.4, -0.2) is 90.9 Å². The number of sulfonamides is 1. The van der Waals surface area contributed by atoms with E-state index in [9.17, 15) is 27.6 Å². The van der Waals surface area contributed by atoms with E-state index in [1.54, 1.807) is 19.4 Å². The van der Waals surface area contributed by atoms with Crippen LogP contribution >= 0.6 is 0 Å². The number of alkyl carbamates (subject to hydrolysis) is 1. The molecule has 306 valence electrons. The zero-order valence-electron chi connectivity index (χ0n) is 33.5. The van der Waals surface area contributed by atoms with Crippen molar-refractivity contribution < 1.29 is 41.8 Å². The number of hydrogen-bond donors (Lipinski definition) is 3. The molecule has 8 atom stereocenters. The molecule has 3 aliphatic carbocycles. The molecule has 14 nitrogen and oxygen atoms in total. The predicted molar refractivity (Wildman–Crippen MR) is 210 cm³/mol. The third-order valence-corrected chi connectivity index (χ3v) is 13.7. The Hall–Kier alpha value is -4.40. The first kappa shape index (κ1) is 41.2. The van der Waals surface area contributed by atoms with Gasteiger partial charge in [0.05, 0.1) is 18.9 Å². The van der Waals surface area contributed by atoms with Crippen molar-refractivity contribution in [1.82, 2.24) is 25.2 Å². The van der Waals surface area contributed by atoms with E-state index >= 15 is 0 Å². The third kappa shape index (κ3) is 8.77. The molecule has 56 heavy (non-hydrogen) atoms. The molecule has 2 heterocycles. The minimum atomic E-state index is -3.90. The fourth-order valence-electron chi connectivity index (χ4n) is 8.26. The predicted octanol–water partition coefficient (Wildman–Crippen LogP) is 4.86. The molecule has 1 saturated heterocycles. The summed E-state index contributed by atoms with van der Waals surface area (Å²) in [6, 6.07) is 5.02. The Morgan fingerprint density at radius 2 is 1.80 bits per heavy atom. The van der Waals surface area contributed by atoms with Gasteiger partial charge >= 0.3 is 6.09 Å². The maximum absolute atomic E-state index is 14.8. The van der Waals surface area contributed by atoms with Crippen molar-refractivity contribution in [3.63, 3.8) is 0 Å². The highest BCUT2D eigenvalue weighted by atomic mass is 32.2. The zero-order valence-corrected chi connectivity index (χ0v) is 34.3. The fraction of sp³-hybridized carbons (Fsp3) is 0.634. The summed E-state index contributed by atoms with van der Waals surface area (Å²) in [6.45, 7) is 15.6. The van der Waals surface area contributed by atoms with Gasteiger partial charge in [0.25, 0.3) is 5.91 Å². The summed E-state index contributed by atoms with van der Waals surface area (Å²) in [5.41, 5.74) is -2.37. The lowest BCUT2D eigenvalue weighted by molar-refractivity contribution is -0.143. The number of aromatic nitrogens is 1. The summed E-state index contributed by atoms with van der Waals surface area (Å²) in [5, 5.41) is 6.55. The number of rotatable bonds is 13. The Balaban J connectivity index is 1.27. The van der Waals surface area contributed by atoms with Crippen LogP contribution in [0.15, 0.2) is 43.1 Å². The molecule has 0 bridgehead atoms. The van der Waals surface area contributed by atoms with Crippen LogP contribution in [0.2, 0.25) is 0 Å². The van der Waals surface area contributed by atoms with E-state index < -0.39 is 74.1 Å². The molecule has 3 saturated carbocycles. The smallest absolute Gasteiger partial charge is 0.408 e. The molecule has 2 aromatic rings. The average Bonchev–Trinajstić information content (AvgIpc) is 4.06. The van der Waals surface area contributed by atoms with Gasteiger partial charge in [-0.15, -0.1) is 6.58 Å². The zero-order chi connectivity index (χ0) is 40.7. The van der Waals surface area contributed by atoms with Crippen molar-refractivity contribution in [2.75, 3.05) is 13.7 Å². The molecule has 1 aromatic heterocycles. The number of nitrogens with one attached hydrogen (secondary N) is 3. The number of methoxy groups -OCH3 is 1. The molecular formula is C41H57N5O9S. The maximum Gasteiger partial charge on any atom is 0.408 e. The molecule has 2 unspecified atom stereocenters. The van der Waals surface area contributed by atoms with Crippen molar-refractivity contribution in [1.29, 1.82) is 0 Å². The van der Waals surface area contributed by atoms with E-state index in [2.05, 4.69) is 47.7 Å². The normalized spacial score (nSPS) is 28.2. The number of amides is 4. The Kier molecular flexibility index (Phi) is 11.7. The summed E-state index contributed by atoms with van der Waals surface area (Å²) in [5.74, 6) is -0.689. The maximum atomic E-state index is 14.8. The fourth-order valence-corrected chi connectivity index (χ4v) is 9.62. The van der Waals surface area contributed by atoms with Crippen LogP contribution in [0, 0.1) is 29.1 Å². The summed E-state index contributed by atoms with van der Waals surface area (Å²) in [6.07, 6.45) is 5.22. The Bertz CT molecular complexity index is 1960. The van der Waals surface area contributed by atoms with Crippen LogP contribution in [0.1, 0.15) is 86.5 Å². The molecule has 6 rings (SSSR count). The number of fused-ring (bicyclic) bond motifs is 1. The van der Waals surface area contributed by atoms with E-state index in [0.29, 0.717) is 41.7 Å². The van der Waals surface area contributed by atoms with Gasteiger partial charge in [0.15, 0.2) is 0 Å². The van der Waals surface area contributed by atoms with Gasteiger partial charge in [0, 0.05) is 23.9 Å². The van der Waals surface area contributed by atoms with Crippen molar-refractivity contribution in [2.45, 2.75) is 122 Å². The minimum absolute atomic E-state index is 0.0277. The number of hydrogen-bond acceptors (Lipinski definition) is 10. The van der Waals surface area contributed by atoms with Gasteiger partial charge in [-0.1, -0.05) is 54.0 Å². The van der Waals surface area contributed by atoms with Crippen LogP contribution in [0.25, 0.3) is 10.8 Å². The second-order valence-electron chi connectivity index (χ2n) is 17.6. The topological polar surface area (TPSA) is 182 Å². The summed E-state index contributed by atoms with van der Waals surface area (Å²) in [7, 11) is -2.33. The second kappa shape index (κ2) is 15.9. The summed E-state index contributed by atoms with van der Waals surface area (Å²) in [4.78, 5) is 62.2. The largest absolute Gasteiger partial charge is 0.497 e. The van der Waals surface area contributed by atoms with Gasteiger partial charge in [-0.3, -0.25) is 19.1 Å². The molecule has 4 amide bonds. The van der Waals surface area contributed by atoms with E-state index in [-0.39, 0.29) is 31.4 Å². The number of carbonyl (C=O) groups is 4. The van der Waals surface area contributed by atoms with Gasteiger partial charge in [0.1, 0.15) is 35.6 Å². The first-order valence-electron chi connectivity index (χ1n) is 19.7. The molecule has 0 radical (unpaired) electrons. The minimum Gasteiger partial charge on any atom is -0.497 e. The standard InChI is InChI=1S/C41H57N5O9S/c1-9-26-21-41(26,38(49)45-56(51,52)29-12-13-29)44-35(47)32-20-28(54-36-31-15-11-27(53-8)19-25(31)16-17-42-36)22-46(32)37(48)34(40(5,6)7)43-39(50)55-33-18-24(4)10-14-30(33)23(2)3/h9,11,15-17,19,23-24,26,28-30,32-34H,1,10,12-14,18,20-22H2,2-8H3,(H,43,50)(H,44,47)(H,45,49)/t24-,26+,28?,30+,32-,33-,34+,41?/m0/s1. The highest BCUT2D eigenvalue weighted by Gasteiger charge is 2.62. The second-order valence-corrected chi connectivity index (χ2v) is 19.5. The highest BCUT2D eigenvalue weighted by molar-refractivity contribution is 7.91. The lowest BCUT2D eigenvalue weighted by atomic mass is 9.75. The number of ether oxygens (including phenoxy) is 3. The van der Waals surface area contributed by atoms with E-state index in [4.69, 9.17) is 14.2 Å². The SMILES string of the molecule is C=C[C@@H]1CC1(NC(=O)[C@@H]1CC(Oc2nccc3cc(OC)ccc23)CN1C(=O)[C@@H](NC(=O)O[C@H]1C[C@@H](C)CC[C@@H]1C(C)C)C(C)(C)C)C(=O)NS(=O)(=O)C1CC1. The van der Waals surface area contributed by atoms with Gasteiger partial charge in [-0.25, -0.2) is 18.2 Å². The molecule has 15 heteroatoms. The van der Waals surface area contributed by atoms with Crippen LogP contribution in [0.4, 0.5) is 4.79 Å². The van der Waals surface area contributed by atoms with Crippen molar-refractivity contribution in [2.24, 2.45) is 29.1 Å².